The molecule has 28 heavy (non-hydrogen) atoms. The third-order valence-corrected chi connectivity index (χ3v) is 4.88. The second kappa shape index (κ2) is 6.97. The number of aliphatic hydroxyl groups excluding tert-OH is 2. The van der Waals surface area contributed by atoms with Crippen LogP contribution in [0.1, 0.15) is 24.5 Å². The van der Waals surface area contributed by atoms with Crippen molar-refractivity contribution >= 4 is 17.1 Å². The van der Waals surface area contributed by atoms with Gasteiger partial charge in [0.15, 0.2) is 23.2 Å². The minimum Gasteiger partial charge on any atom is -0.463 e. The smallest absolute Gasteiger partial charge is 0.302 e. The first-order valence-electron chi connectivity index (χ1n) is 8.86. The Bertz CT molecular complexity index is 1010. The molecule has 1 aliphatic heterocycles. The van der Waals surface area contributed by atoms with Gasteiger partial charge in [0.05, 0.1) is 6.33 Å². The molecule has 3 aromatic rings. The number of hydrogen-bond acceptors (Lipinski definition) is 8. The van der Waals surface area contributed by atoms with E-state index in [9.17, 15) is 15.0 Å². The molecule has 0 bridgehead atoms. The highest BCUT2D eigenvalue weighted by Gasteiger charge is 2.44. The van der Waals surface area contributed by atoms with Gasteiger partial charge in [0, 0.05) is 18.3 Å². The molecule has 1 aliphatic rings. The van der Waals surface area contributed by atoms with Gasteiger partial charge in [0.2, 0.25) is 0 Å². The maximum absolute atomic E-state index is 11.0. The molecule has 1 fully saturated rings. The predicted molar refractivity (Wildman–Crippen MR) is 96.7 cm³/mol. The molecule has 4 heterocycles. The average Bonchev–Trinajstić information content (AvgIpc) is 3.31. The molecular weight excluding hydrogens is 366 g/mol. The van der Waals surface area contributed by atoms with Crippen LogP contribution in [-0.4, -0.2) is 65.2 Å². The van der Waals surface area contributed by atoms with Crippen LogP contribution in [0.25, 0.3) is 17.0 Å². The summed E-state index contributed by atoms with van der Waals surface area (Å²) >= 11 is 0. The van der Waals surface area contributed by atoms with Crippen molar-refractivity contribution in [3.8, 4) is 5.82 Å². The first-order chi connectivity index (χ1) is 13.4. The van der Waals surface area contributed by atoms with Crippen LogP contribution in [0.15, 0.2) is 24.8 Å². The first-order valence-corrected chi connectivity index (χ1v) is 8.86. The van der Waals surface area contributed by atoms with Crippen LogP contribution in [0, 0.1) is 13.8 Å². The van der Waals surface area contributed by atoms with Gasteiger partial charge in [-0.05, 0) is 26.0 Å². The molecule has 0 radical (unpaired) electrons. The zero-order valence-corrected chi connectivity index (χ0v) is 15.7. The number of fused-ring (bicyclic) bond motifs is 1. The molecule has 0 amide bonds. The fourth-order valence-corrected chi connectivity index (χ4v) is 3.49. The topological polar surface area (TPSA) is 125 Å². The number of aryl methyl sites for hydroxylation is 2. The number of ether oxygens (including phenoxy) is 2. The molecule has 0 unspecified atom stereocenters. The van der Waals surface area contributed by atoms with E-state index in [1.807, 2.05) is 30.5 Å². The highest BCUT2D eigenvalue weighted by Crippen LogP contribution is 2.32. The van der Waals surface area contributed by atoms with Crippen molar-refractivity contribution in [3.05, 3.63) is 36.2 Å². The van der Waals surface area contributed by atoms with Gasteiger partial charge in [-0.15, -0.1) is 0 Å². The molecule has 0 aliphatic carbocycles. The lowest BCUT2D eigenvalue weighted by Gasteiger charge is -2.16. The van der Waals surface area contributed by atoms with Crippen molar-refractivity contribution in [2.45, 2.75) is 45.3 Å². The monoisotopic (exact) mass is 387 g/mol. The number of carbonyl (C=O) groups is 1. The number of esters is 1. The number of aliphatic hydroxyl groups is 2. The van der Waals surface area contributed by atoms with Crippen molar-refractivity contribution in [3.63, 3.8) is 0 Å². The van der Waals surface area contributed by atoms with E-state index < -0.39 is 30.5 Å². The number of nitrogens with zero attached hydrogens (tertiary/aromatic N) is 5. The Labute approximate surface area is 160 Å². The summed E-state index contributed by atoms with van der Waals surface area (Å²) in [6, 6.07) is 3.97. The van der Waals surface area contributed by atoms with Crippen LogP contribution in [0.2, 0.25) is 0 Å². The molecule has 0 saturated carbocycles. The van der Waals surface area contributed by atoms with Gasteiger partial charge >= 0.3 is 5.97 Å². The minimum atomic E-state index is -1.23. The minimum absolute atomic E-state index is 0.154. The highest BCUT2D eigenvalue weighted by atomic mass is 16.6. The number of carbonyl (C=O) groups excluding carboxylic acids is 1. The van der Waals surface area contributed by atoms with Gasteiger partial charge in [-0.2, -0.15) is 0 Å². The Morgan fingerprint density at radius 3 is 2.57 bits per heavy atom. The summed E-state index contributed by atoms with van der Waals surface area (Å²) in [6.07, 6.45) is -1.30. The van der Waals surface area contributed by atoms with Crippen molar-refractivity contribution in [2.75, 3.05) is 6.61 Å². The maximum atomic E-state index is 11.0. The molecule has 0 spiro atoms. The van der Waals surface area contributed by atoms with Gasteiger partial charge in [-0.3, -0.25) is 9.36 Å². The SMILES string of the molecule is CC(=O)OC[C@H]1O[C@@H](n2cnc3c(-n4c(C)ccc4C)ncnc32)[C@H](O)[C@@H]1O. The maximum Gasteiger partial charge on any atom is 0.302 e. The van der Waals surface area contributed by atoms with E-state index in [-0.39, 0.29) is 6.61 Å². The molecule has 148 valence electrons. The van der Waals surface area contributed by atoms with Crippen LogP contribution in [0.3, 0.4) is 0 Å². The van der Waals surface area contributed by atoms with Gasteiger partial charge in [0.25, 0.3) is 0 Å². The summed E-state index contributed by atoms with van der Waals surface area (Å²) in [4.78, 5) is 24.1. The molecule has 10 heteroatoms. The van der Waals surface area contributed by atoms with Crippen LogP contribution in [0.5, 0.6) is 0 Å². The fraction of sp³-hybridized carbons (Fsp3) is 0.444. The average molecular weight is 387 g/mol. The normalized spacial score (nSPS) is 24.8. The first kappa shape index (κ1) is 18.5. The van der Waals surface area contributed by atoms with Gasteiger partial charge in [0.1, 0.15) is 31.2 Å². The summed E-state index contributed by atoms with van der Waals surface area (Å²) in [7, 11) is 0. The van der Waals surface area contributed by atoms with Crippen molar-refractivity contribution < 1.29 is 24.5 Å². The zero-order chi connectivity index (χ0) is 20.0. The van der Waals surface area contributed by atoms with Crippen LogP contribution in [-0.2, 0) is 14.3 Å². The standard InChI is InChI=1S/C18H21N5O5/c1-9-4-5-10(2)23(9)17-13-16(19-7-20-17)22(8-21-13)18-15(26)14(25)12(28-18)6-27-11(3)24/h4-5,7-8,12,14-15,18,25-26H,6H2,1-3H3/t12-,14-,15-,18-/m1/s1. The summed E-state index contributed by atoms with van der Waals surface area (Å²) in [6.45, 7) is 5.05. The van der Waals surface area contributed by atoms with E-state index >= 15 is 0 Å². The molecule has 4 rings (SSSR count). The Balaban J connectivity index is 1.71. The Kier molecular flexibility index (Phi) is 4.61. The van der Waals surface area contributed by atoms with E-state index in [4.69, 9.17) is 9.47 Å². The summed E-state index contributed by atoms with van der Waals surface area (Å²) in [5.41, 5.74) is 3.00. The lowest BCUT2D eigenvalue weighted by atomic mass is 10.1. The molecule has 3 aromatic heterocycles. The third kappa shape index (κ3) is 2.95. The lowest BCUT2D eigenvalue weighted by molar-refractivity contribution is -0.147. The van der Waals surface area contributed by atoms with Gasteiger partial charge < -0.3 is 24.3 Å². The van der Waals surface area contributed by atoms with Crippen LogP contribution in [0.4, 0.5) is 0 Å². The lowest BCUT2D eigenvalue weighted by Crippen LogP contribution is -2.34. The fourth-order valence-electron chi connectivity index (χ4n) is 3.49. The van der Waals surface area contributed by atoms with E-state index in [0.717, 1.165) is 11.4 Å². The van der Waals surface area contributed by atoms with Crippen LogP contribution < -0.4 is 0 Å². The second-order valence-corrected chi connectivity index (χ2v) is 6.82. The van der Waals surface area contributed by atoms with E-state index in [1.165, 1.54) is 19.6 Å². The van der Waals surface area contributed by atoms with Crippen molar-refractivity contribution in [1.82, 2.24) is 24.1 Å². The Morgan fingerprint density at radius 1 is 1.18 bits per heavy atom. The van der Waals surface area contributed by atoms with Crippen LogP contribution >= 0.6 is 0 Å². The highest BCUT2D eigenvalue weighted by molar-refractivity contribution is 5.78. The molecule has 0 aromatic carbocycles. The summed E-state index contributed by atoms with van der Waals surface area (Å²) in [5.74, 6) is 0.130. The third-order valence-electron chi connectivity index (χ3n) is 4.88. The number of aromatic nitrogens is 5. The number of hydrogen-bond donors (Lipinski definition) is 2. The largest absolute Gasteiger partial charge is 0.463 e. The van der Waals surface area contributed by atoms with Crippen molar-refractivity contribution in [2.24, 2.45) is 0 Å². The molecule has 10 nitrogen and oxygen atoms in total. The summed E-state index contributed by atoms with van der Waals surface area (Å²) < 4.78 is 14.2. The Morgan fingerprint density at radius 2 is 1.89 bits per heavy atom. The van der Waals surface area contributed by atoms with Gasteiger partial charge in [-0.1, -0.05) is 0 Å². The molecule has 4 atom stereocenters. The van der Waals surface area contributed by atoms with Crippen molar-refractivity contribution in [1.29, 1.82) is 0 Å². The molecule has 1 saturated heterocycles. The predicted octanol–water partition coefficient (Wildman–Crippen LogP) is 0.416. The quantitative estimate of drug-likeness (QED) is 0.617. The van der Waals surface area contributed by atoms with E-state index in [1.54, 1.807) is 4.57 Å². The number of imidazole rings is 1. The Hall–Kier alpha value is -2.82. The number of rotatable bonds is 4. The van der Waals surface area contributed by atoms with Gasteiger partial charge in [-0.25, -0.2) is 15.0 Å². The molecular formula is C18H21N5O5. The van der Waals surface area contributed by atoms with E-state index in [2.05, 4.69) is 15.0 Å². The zero-order valence-electron chi connectivity index (χ0n) is 15.7. The van der Waals surface area contributed by atoms with E-state index in [0.29, 0.717) is 17.0 Å². The second-order valence-electron chi connectivity index (χ2n) is 6.82. The molecule has 2 N–H and O–H groups in total. The summed E-state index contributed by atoms with van der Waals surface area (Å²) in [5, 5.41) is 20.7.